The smallest absolute Gasteiger partial charge is 0.313 e. The molecular weight excluding hydrogens is 247 g/mol. The maximum atomic E-state index is 12.4. The first kappa shape index (κ1) is 12.8. The molecule has 1 saturated heterocycles. The van der Waals surface area contributed by atoms with E-state index in [0.29, 0.717) is 0 Å². The molecule has 2 rings (SSSR count). The Morgan fingerprint density at radius 1 is 1.24 bits per heavy atom. The van der Waals surface area contributed by atoms with Crippen molar-refractivity contribution in [2.45, 2.75) is 30.3 Å². The van der Waals surface area contributed by atoms with Gasteiger partial charge >= 0.3 is 6.18 Å². The molecule has 1 nitrogen and oxygen atoms in total. The van der Waals surface area contributed by atoms with E-state index in [1.54, 1.807) is 0 Å². The molecule has 0 radical (unpaired) electrons. The summed E-state index contributed by atoms with van der Waals surface area (Å²) in [6.07, 6.45) is -2.15. The Hall–Kier alpha value is -0.680. The summed E-state index contributed by atoms with van der Waals surface area (Å²) >= 11 is 4.48. The number of thiol groups is 1. The van der Waals surface area contributed by atoms with Crippen LogP contribution in [0.2, 0.25) is 0 Å². The maximum Gasteiger partial charge on any atom is 0.416 e. The van der Waals surface area contributed by atoms with Crippen LogP contribution in [-0.2, 0) is 6.18 Å². The van der Waals surface area contributed by atoms with E-state index in [-0.39, 0.29) is 11.3 Å². The summed E-state index contributed by atoms with van der Waals surface area (Å²) in [5.41, 5.74) is 0.224. The van der Waals surface area contributed by atoms with E-state index in [0.717, 1.165) is 37.1 Å². The molecular formula is C12H14F3NS. The standard InChI is InChI=1S/C12H14F3NS/c13-12(14,15)9-5-3-8(4-6-9)11(17)10-2-1-7-16-10/h3-6,10-11,16-17H,1-2,7H2/t10-,11?/m0/s1. The average Bonchev–Trinajstić information content (AvgIpc) is 2.80. The third-order valence-electron chi connectivity index (χ3n) is 3.06. The topological polar surface area (TPSA) is 12.0 Å². The fraction of sp³-hybridized carbons (Fsp3) is 0.500. The summed E-state index contributed by atoms with van der Waals surface area (Å²) in [6.45, 7) is 0.961. The van der Waals surface area contributed by atoms with Gasteiger partial charge in [0.05, 0.1) is 5.56 Å². The van der Waals surface area contributed by atoms with Gasteiger partial charge in [-0.25, -0.2) is 0 Å². The lowest BCUT2D eigenvalue weighted by atomic mass is 10.0. The van der Waals surface area contributed by atoms with E-state index in [1.807, 2.05) is 0 Å². The second-order valence-electron chi connectivity index (χ2n) is 4.27. The van der Waals surface area contributed by atoms with E-state index in [4.69, 9.17) is 0 Å². The highest BCUT2D eigenvalue weighted by atomic mass is 32.1. The van der Waals surface area contributed by atoms with Crippen LogP contribution < -0.4 is 5.32 Å². The zero-order valence-corrected chi connectivity index (χ0v) is 10.1. The summed E-state index contributed by atoms with van der Waals surface area (Å²) in [5.74, 6) is 0. The van der Waals surface area contributed by atoms with E-state index >= 15 is 0 Å². The molecule has 2 atom stereocenters. The van der Waals surface area contributed by atoms with Crippen molar-refractivity contribution in [3.63, 3.8) is 0 Å². The van der Waals surface area contributed by atoms with Crippen molar-refractivity contribution in [2.75, 3.05) is 6.54 Å². The van der Waals surface area contributed by atoms with E-state index in [1.165, 1.54) is 12.1 Å². The van der Waals surface area contributed by atoms with Crippen molar-refractivity contribution >= 4 is 12.6 Å². The highest BCUT2D eigenvalue weighted by Gasteiger charge is 2.30. The molecule has 1 aliphatic rings. The molecule has 0 bridgehead atoms. The number of halogens is 3. The number of rotatable bonds is 2. The van der Waals surface area contributed by atoms with E-state index in [2.05, 4.69) is 17.9 Å². The van der Waals surface area contributed by atoms with Crippen LogP contribution in [0.25, 0.3) is 0 Å². The lowest BCUT2D eigenvalue weighted by Crippen LogP contribution is -2.26. The molecule has 0 amide bonds. The van der Waals surface area contributed by atoms with Crippen molar-refractivity contribution in [2.24, 2.45) is 0 Å². The molecule has 5 heteroatoms. The van der Waals surface area contributed by atoms with Crippen molar-refractivity contribution < 1.29 is 13.2 Å². The summed E-state index contributed by atoms with van der Waals surface area (Å²) in [5, 5.41) is 3.26. The van der Waals surface area contributed by atoms with Crippen LogP contribution in [0.15, 0.2) is 24.3 Å². The van der Waals surface area contributed by atoms with Gasteiger partial charge in [-0.05, 0) is 37.1 Å². The van der Waals surface area contributed by atoms with Gasteiger partial charge in [-0.3, -0.25) is 0 Å². The quantitative estimate of drug-likeness (QED) is 0.777. The Morgan fingerprint density at radius 2 is 1.88 bits per heavy atom. The lowest BCUT2D eigenvalue weighted by Gasteiger charge is -2.19. The third-order valence-corrected chi connectivity index (χ3v) is 3.72. The van der Waals surface area contributed by atoms with Crippen LogP contribution >= 0.6 is 12.6 Å². The number of nitrogens with one attached hydrogen (secondary N) is 1. The minimum atomic E-state index is -4.27. The number of benzene rings is 1. The molecule has 1 aromatic rings. The molecule has 1 aliphatic heterocycles. The Bertz CT molecular complexity index is 368. The van der Waals surface area contributed by atoms with Crippen LogP contribution in [0, 0.1) is 0 Å². The molecule has 1 heterocycles. The molecule has 17 heavy (non-hydrogen) atoms. The van der Waals surface area contributed by atoms with Gasteiger partial charge in [0.25, 0.3) is 0 Å². The molecule has 0 aromatic heterocycles. The van der Waals surface area contributed by atoms with Gasteiger partial charge in [-0.2, -0.15) is 25.8 Å². The first-order valence-electron chi connectivity index (χ1n) is 5.57. The maximum absolute atomic E-state index is 12.4. The fourth-order valence-corrected chi connectivity index (χ4v) is 2.51. The highest BCUT2D eigenvalue weighted by Crippen LogP contribution is 2.33. The van der Waals surface area contributed by atoms with Crippen LogP contribution in [0.4, 0.5) is 13.2 Å². The van der Waals surface area contributed by atoms with Crippen molar-refractivity contribution in [1.29, 1.82) is 0 Å². The van der Waals surface area contributed by atoms with Gasteiger partial charge in [0.2, 0.25) is 0 Å². The molecule has 94 valence electrons. The van der Waals surface area contributed by atoms with Crippen molar-refractivity contribution in [3.8, 4) is 0 Å². The molecule has 0 spiro atoms. The van der Waals surface area contributed by atoms with Gasteiger partial charge in [0.15, 0.2) is 0 Å². The zero-order chi connectivity index (χ0) is 12.5. The first-order chi connectivity index (χ1) is 7.98. The molecule has 1 aromatic carbocycles. The molecule has 0 saturated carbocycles. The number of hydrogen-bond donors (Lipinski definition) is 2. The largest absolute Gasteiger partial charge is 0.416 e. The van der Waals surface area contributed by atoms with Crippen molar-refractivity contribution in [3.05, 3.63) is 35.4 Å². The fourth-order valence-electron chi connectivity index (χ4n) is 2.08. The van der Waals surface area contributed by atoms with Crippen LogP contribution in [0.1, 0.15) is 29.2 Å². The first-order valence-corrected chi connectivity index (χ1v) is 6.09. The van der Waals surface area contributed by atoms with E-state index < -0.39 is 11.7 Å². The second kappa shape index (κ2) is 4.90. The normalized spacial score (nSPS) is 22.7. The Kier molecular flexibility index (Phi) is 3.68. The SMILES string of the molecule is FC(F)(F)c1ccc(C(S)[C@@H]2CCCN2)cc1. The summed E-state index contributed by atoms with van der Waals surface area (Å²) in [6, 6.07) is 5.53. The third kappa shape index (κ3) is 2.96. The van der Waals surface area contributed by atoms with Gasteiger partial charge < -0.3 is 5.32 Å². The van der Waals surface area contributed by atoms with Gasteiger partial charge in [-0.15, -0.1) is 0 Å². The second-order valence-corrected chi connectivity index (χ2v) is 4.82. The predicted octanol–water partition coefficient (Wildman–Crippen LogP) is 3.43. The molecule has 1 unspecified atom stereocenters. The van der Waals surface area contributed by atoms with Gasteiger partial charge in [0.1, 0.15) is 0 Å². The summed E-state index contributed by atoms with van der Waals surface area (Å²) in [4.78, 5) is 0. The Labute approximate surface area is 104 Å². The zero-order valence-electron chi connectivity index (χ0n) is 9.17. The highest BCUT2D eigenvalue weighted by molar-refractivity contribution is 7.80. The Morgan fingerprint density at radius 3 is 2.35 bits per heavy atom. The van der Waals surface area contributed by atoms with Crippen LogP contribution in [0.5, 0.6) is 0 Å². The average molecular weight is 261 g/mol. The Balaban J connectivity index is 2.12. The van der Waals surface area contributed by atoms with Gasteiger partial charge in [0, 0.05) is 11.3 Å². The van der Waals surface area contributed by atoms with E-state index in [9.17, 15) is 13.2 Å². The molecule has 0 aliphatic carbocycles. The summed E-state index contributed by atoms with van der Waals surface area (Å²) in [7, 11) is 0. The van der Waals surface area contributed by atoms with Crippen LogP contribution in [-0.4, -0.2) is 12.6 Å². The molecule has 1 fully saturated rings. The number of hydrogen-bond acceptors (Lipinski definition) is 2. The predicted molar refractivity (Wildman–Crippen MR) is 64.2 cm³/mol. The minimum Gasteiger partial charge on any atom is -0.313 e. The number of alkyl halides is 3. The summed E-state index contributed by atoms with van der Waals surface area (Å²) < 4.78 is 37.2. The van der Waals surface area contributed by atoms with Crippen LogP contribution in [0.3, 0.4) is 0 Å². The monoisotopic (exact) mass is 261 g/mol. The van der Waals surface area contributed by atoms with Gasteiger partial charge in [-0.1, -0.05) is 12.1 Å². The lowest BCUT2D eigenvalue weighted by molar-refractivity contribution is -0.137. The van der Waals surface area contributed by atoms with Crippen molar-refractivity contribution in [1.82, 2.24) is 5.32 Å². The minimum absolute atomic E-state index is 0.0419. The molecule has 1 N–H and O–H groups in total.